The van der Waals surface area contributed by atoms with Crippen molar-refractivity contribution in [2.75, 3.05) is 13.3 Å². The first-order chi connectivity index (χ1) is 12.7. The van der Waals surface area contributed by atoms with Crippen LogP contribution in [0.25, 0.3) is 11.3 Å². The number of carbonyl (C=O) groups excluding carboxylic acids is 1. The van der Waals surface area contributed by atoms with E-state index in [4.69, 9.17) is 9.47 Å². The van der Waals surface area contributed by atoms with Crippen LogP contribution in [0.15, 0.2) is 41.8 Å². The maximum atomic E-state index is 12.4. The number of rotatable bonds is 6. The zero-order chi connectivity index (χ0) is 17.9. The first-order valence-corrected chi connectivity index (χ1v) is 9.41. The van der Waals surface area contributed by atoms with E-state index < -0.39 is 0 Å². The van der Waals surface area contributed by atoms with Gasteiger partial charge >= 0.3 is 0 Å². The van der Waals surface area contributed by atoms with Gasteiger partial charge in [0.05, 0.1) is 5.69 Å². The van der Waals surface area contributed by atoms with Crippen molar-refractivity contribution in [2.45, 2.75) is 19.9 Å². The lowest BCUT2D eigenvalue weighted by molar-refractivity contribution is 0.0948. The van der Waals surface area contributed by atoms with Crippen LogP contribution in [0, 0.1) is 0 Å². The summed E-state index contributed by atoms with van der Waals surface area (Å²) in [5.74, 6) is 1.30. The number of nitrogens with zero attached hydrogens (tertiary/aromatic N) is 2. The molecule has 134 valence electrons. The molecule has 0 unspecified atom stereocenters. The Bertz CT molecular complexity index is 918. The molecule has 1 aliphatic heterocycles. The third-order valence-electron chi connectivity index (χ3n) is 4.22. The summed E-state index contributed by atoms with van der Waals surface area (Å²) in [6.07, 6.45) is 0.826. The van der Waals surface area contributed by atoms with Gasteiger partial charge in [0, 0.05) is 23.5 Å². The summed E-state index contributed by atoms with van der Waals surface area (Å²) in [5.41, 5.74) is 2.25. The van der Waals surface area contributed by atoms with Gasteiger partial charge in [-0.1, -0.05) is 6.07 Å². The Morgan fingerprint density at radius 3 is 2.96 bits per heavy atom. The summed E-state index contributed by atoms with van der Waals surface area (Å²) in [5, 5.41) is 9.43. The van der Waals surface area contributed by atoms with Gasteiger partial charge in [-0.2, -0.15) is 5.10 Å². The number of ether oxygens (including phenoxy) is 2. The second-order valence-corrected chi connectivity index (χ2v) is 6.92. The molecule has 0 radical (unpaired) electrons. The average molecular weight is 369 g/mol. The number of nitrogens with one attached hydrogen (secondary N) is 1. The number of aromatic nitrogens is 2. The fraction of sp³-hybridized carbons (Fsp3) is 0.263. The maximum Gasteiger partial charge on any atom is 0.271 e. The number of carbonyl (C=O) groups is 1. The van der Waals surface area contributed by atoms with Crippen molar-refractivity contribution in [1.82, 2.24) is 15.1 Å². The second kappa shape index (κ2) is 7.21. The molecule has 0 bridgehead atoms. The molecule has 0 atom stereocenters. The van der Waals surface area contributed by atoms with Crippen LogP contribution >= 0.6 is 11.3 Å². The van der Waals surface area contributed by atoms with E-state index in [9.17, 15) is 4.79 Å². The lowest BCUT2D eigenvalue weighted by Gasteiger charge is -2.05. The van der Waals surface area contributed by atoms with Crippen LogP contribution in [-0.4, -0.2) is 29.0 Å². The Balaban J connectivity index is 1.50. The van der Waals surface area contributed by atoms with Crippen LogP contribution in [0.3, 0.4) is 0 Å². The van der Waals surface area contributed by atoms with Gasteiger partial charge in [0.2, 0.25) is 6.79 Å². The van der Waals surface area contributed by atoms with Crippen molar-refractivity contribution in [1.29, 1.82) is 0 Å². The highest BCUT2D eigenvalue weighted by molar-refractivity contribution is 7.09. The lowest BCUT2D eigenvalue weighted by Crippen LogP contribution is -2.26. The van der Waals surface area contributed by atoms with E-state index in [0.29, 0.717) is 24.5 Å². The minimum Gasteiger partial charge on any atom is -0.454 e. The number of benzene rings is 1. The molecule has 1 aromatic carbocycles. The molecule has 0 fully saturated rings. The monoisotopic (exact) mass is 369 g/mol. The molecule has 2 aromatic heterocycles. The Morgan fingerprint density at radius 1 is 1.27 bits per heavy atom. The highest BCUT2D eigenvalue weighted by Crippen LogP contribution is 2.36. The summed E-state index contributed by atoms with van der Waals surface area (Å²) in [6.45, 7) is 3.51. The van der Waals surface area contributed by atoms with Crippen LogP contribution in [-0.2, 0) is 13.0 Å². The van der Waals surface area contributed by atoms with Crippen molar-refractivity contribution in [3.8, 4) is 22.8 Å². The Hall–Kier alpha value is -2.80. The Morgan fingerprint density at radius 2 is 2.15 bits per heavy atom. The molecule has 0 saturated carbocycles. The minimum atomic E-state index is -0.157. The van der Waals surface area contributed by atoms with Gasteiger partial charge in [-0.15, -0.1) is 11.3 Å². The predicted molar refractivity (Wildman–Crippen MR) is 99.8 cm³/mol. The first kappa shape index (κ1) is 16.7. The molecule has 0 spiro atoms. The van der Waals surface area contributed by atoms with Gasteiger partial charge in [0.1, 0.15) is 0 Å². The van der Waals surface area contributed by atoms with Gasteiger partial charge in [0.25, 0.3) is 5.91 Å². The van der Waals surface area contributed by atoms with E-state index in [2.05, 4.69) is 16.5 Å². The quantitative estimate of drug-likeness (QED) is 0.724. The standard InChI is InChI=1S/C19H19N3O3S/c1-2-22-16(13-5-6-17-18(10-13)25-12-24-17)11-15(21-22)19(23)20-8-7-14-4-3-9-26-14/h3-6,9-11H,2,7-8,12H2,1H3,(H,20,23). The van der Waals surface area contributed by atoms with Crippen LogP contribution < -0.4 is 14.8 Å². The molecule has 7 heteroatoms. The third-order valence-corrected chi connectivity index (χ3v) is 5.15. The van der Waals surface area contributed by atoms with E-state index in [-0.39, 0.29) is 12.7 Å². The maximum absolute atomic E-state index is 12.4. The molecule has 26 heavy (non-hydrogen) atoms. The van der Waals surface area contributed by atoms with Gasteiger partial charge in [-0.05, 0) is 49.1 Å². The fourth-order valence-electron chi connectivity index (χ4n) is 2.90. The topological polar surface area (TPSA) is 65.4 Å². The molecule has 1 amide bonds. The highest BCUT2D eigenvalue weighted by atomic mass is 32.1. The second-order valence-electron chi connectivity index (χ2n) is 5.88. The van der Waals surface area contributed by atoms with Crippen LogP contribution in [0.5, 0.6) is 11.5 Å². The molecule has 0 saturated heterocycles. The van der Waals surface area contributed by atoms with Crippen LogP contribution in [0.4, 0.5) is 0 Å². The predicted octanol–water partition coefficient (Wildman–Crippen LogP) is 3.33. The summed E-state index contributed by atoms with van der Waals surface area (Å²) >= 11 is 1.69. The molecular formula is C19H19N3O3S. The van der Waals surface area contributed by atoms with Crippen molar-refractivity contribution in [3.05, 3.63) is 52.3 Å². The Labute approximate surface area is 155 Å². The van der Waals surface area contributed by atoms with Crippen LogP contribution in [0.1, 0.15) is 22.3 Å². The highest BCUT2D eigenvalue weighted by Gasteiger charge is 2.18. The number of aryl methyl sites for hydroxylation is 1. The number of fused-ring (bicyclic) bond motifs is 1. The molecule has 6 nitrogen and oxygen atoms in total. The number of hydrogen-bond acceptors (Lipinski definition) is 5. The van der Waals surface area contributed by atoms with Gasteiger partial charge in [-0.3, -0.25) is 9.48 Å². The number of thiophene rings is 1. The van der Waals surface area contributed by atoms with Crippen LogP contribution in [0.2, 0.25) is 0 Å². The largest absolute Gasteiger partial charge is 0.454 e. The van der Waals surface area contributed by atoms with Crippen molar-refractivity contribution < 1.29 is 14.3 Å². The minimum absolute atomic E-state index is 0.157. The molecule has 3 aromatic rings. The molecule has 1 aliphatic rings. The summed E-state index contributed by atoms with van der Waals surface area (Å²) in [7, 11) is 0. The third kappa shape index (κ3) is 3.30. The van der Waals surface area contributed by atoms with E-state index in [1.807, 2.05) is 47.3 Å². The van der Waals surface area contributed by atoms with E-state index in [0.717, 1.165) is 23.4 Å². The average Bonchev–Trinajstić information content (AvgIpc) is 3.40. The van der Waals surface area contributed by atoms with Crippen molar-refractivity contribution in [2.24, 2.45) is 0 Å². The molecule has 1 N–H and O–H groups in total. The molecule has 0 aliphatic carbocycles. The zero-order valence-electron chi connectivity index (χ0n) is 14.4. The lowest BCUT2D eigenvalue weighted by atomic mass is 10.1. The van der Waals surface area contributed by atoms with Gasteiger partial charge < -0.3 is 14.8 Å². The number of hydrogen-bond donors (Lipinski definition) is 1. The zero-order valence-corrected chi connectivity index (χ0v) is 15.2. The SMILES string of the molecule is CCn1nc(C(=O)NCCc2cccs2)cc1-c1ccc2c(c1)OCO2. The first-order valence-electron chi connectivity index (χ1n) is 8.53. The fourth-order valence-corrected chi connectivity index (χ4v) is 3.61. The molecule has 4 rings (SSSR count). The van der Waals surface area contributed by atoms with Crippen molar-refractivity contribution >= 4 is 17.2 Å². The van der Waals surface area contributed by atoms with E-state index in [1.54, 1.807) is 11.3 Å². The summed E-state index contributed by atoms with van der Waals surface area (Å²) in [6, 6.07) is 11.7. The normalized spacial score (nSPS) is 12.3. The van der Waals surface area contributed by atoms with E-state index >= 15 is 0 Å². The Kier molecular flexibility index (Phi) is 4.62. The number of amides is 1. The molecule has 3 heterocycles. The molecular weight excluding hydrogens is 350 g/mol. The summed E-state index contributed by atoms with van der Waals surface area (Å²) < 4.78 is 12.6. The van der Waals surface area contributed by atoms with E-state index in [1.165, 1.54) is 4.88 Å². The van der Waals surface area contributed by atoms with Gasteiger partial charge in [-0.25, -0.2) is 0 Å². The smallest absolute Gasteiger partial charge is 0.271 e. The summed E-state index contributed by atoms with van der Waals surface area (Å²) in [4.78, 5) is 13.7. The van der Waals surface area contributed by atoms with Crippen molar-refractivity contribution in [3.63, 3.8) is 0 Å². The van der Waals surface area contributed by atoms with Gasteiger partial charge in [0.15, 0.2) is 17.2 Å².